The first-order valence-corrected chi connectivity index (χ1v) is 4.18. The van der Waals surface area contributed by atoms with Crippen molar-refractivity contribution in [2.75, 3.05) is 0 Å². The SMILES string of the molecule is CC(C)(C)N(O)S(N)(=O)=O. The van der Waals surface area contributed by atoms with Crippen LogP contribution in [-0.4, -0.2) is 23.6 Å². The average molecular weight is 168 g/mol. The van der Waals surface area contributed by atoms with Crippen molar-refractivity contribution in [2.45, 2.75) is 26.3 Å². The molecule has 0 unspecified atom stereocenters. The molecule has 0 bridgehead atoms. The Morgan fingerprint density at radius 1 is 1.40 bits per heavy atom. The molecule has 0 aliphatic rings. The Kier molecular flexibility index (Phi) is 2.42. The summed E-state index contributed by atoms with van der Waals surface area (Å²) < 4.78 is 21.0. The molecule has 0 saturated carbocycles. The van der Waals surface area contributed by atoms with Gasteiger partial charge in [-0.1, -0.05) is 4.47 Å². The third-order valence-corrected chi connectivity index (χ3v) is 1.84. The van der Waals surface area contributed by atoms with Gasteiger partial charge < -0.3 is 0 Å². The van der Waals surface area contributed by atoms with E-state index in [1.54, 1.807) is 0 Å². The molecule has 0 aliphatic heterocycles. The van der Waals surface area contributed by atoms with Gasteiger partial charge in [-0.05, 0) is 20.8 Å². The van der Waals surface area contributed by atoms with Crippen LogP contribution in [0.25, 0.3) is 0 Å². The first kappa shape index (κ1) is 9.83. The summed E-state index contributed by atoms with van der Waals surface area (Å²) in [6.07, 6.45) is 0. The van der Waals surface area contributed by atoms with E-state index in [-0.39, 0.29) is 4.47 Å². The zero-order valence-corrected chi connectivity index (χ0v) is 7.01. The van der Waals surface area contributed by atoms with Crippen LogP contribution in [0.1, 0.15) is 20.8 Å². The number of hydroxylamine groups is 1. The van der Waals surface area contributed by atoms with Crippen LogP contribution in [0.2, 0.25) is 0 Å². The molecule has 62 valence electrons. The Balaban J connectivity index is 4.56. The molecule has 0 aromatic carbocycles. The Morgan fingerprint density at radius 2 is 1.70 bits per heavy atom. The van der Waals surface area contributed by atoms with Gasteiger partial charge >= 0.3 is 0 Å². The van der Waals surface area contributed by atoms with Crippen molar-refractivity contribution in [3.8, 4) is 0 Å². The Morgan fingerprint density at radius 3 is 1.70 bits per heavy atom. The van der Waals surface area contributed by atoms with Crippen molar-refractivity contribution >= 4 is 10.2 Å². The van der Waals surface area contributed by atoms with Crippen molar-refractivity contribution in [3.05, 3.63) is 0 Å². The van der Waals surface area contributed by atoms with Gasteiger partial charge in [-0.2, -0.15) is 8.42 Å². The summed E-state index contributed by atoms with van der Waals surface area (Å²) in [7, 11) is -3.97. The lowest BCUT2D eigenvalue weighted by Crippen LogP contribution is -2.46. The van der Waals surface area contributed by atoms with Crippen LogP contribution in [0.3, 0.4) is 0 Å². The summed E-state index contributed by atoms with van der Waals surface area (Å²) in [4.78, 5) is 0. The molecule has 0 amide bonds. The van der Waals surface area contributed by atoms with Gasteiger partial charge in [0, 0.05) is 0 Å². The van der Waals surface area contributed by atoms with E-state index in [9.17, 15) is 8.42 Å². The van der Waals surface area contributed by atoms with Gasteiger partial charge in [0.25, 0.3) is 10.2 Å². The molecule has 0 fully saturated rings. The Labute approximate surface area is 60.6 Å². The van der Waals surface area contributed by atoms with E-state index in [1.165, 1.54) is 20.8 Å². The lowest BCUT2D eigenvalue weighted by Gasteiger charge is -2.25. The van der Waals surface area contributed by atoms with E-state index < -0.39 is 15.7 Å². The molecule has 0 aromatic rings. The molecule has 0 atom stereocenters. The van der Waals surface area contributed by atoms with E-state index in [0.29, 0.717) is 0 Å². The summed E-state index contributed by atoms with van der Waals surface area (Å²) in [5.41, 5.74) is -0.881. The zero-order chi connectivity index (χ0) is 8.58. The number of hydrogen-bond acceptors (Lipinski definition) is 3. The van der Waals surface area contributed by atoms with Gasteiger partial charge in [0.1, 0.15) is 0 Å². The van der Waals surface area contributed by atoms with Crippen LogP contribution in [-0.2, 0) is 10.2 Å². The summed E-state index contributed by atoms with van der Waals surface area (Å²) in [6.45, 7) is 4.58. The van der Waals surface area contributed by atoms with E-state index in [4.69, 9.17) is 5.21 Å². The van der Waals surface area contributed by atoms with Crippen LogP contribution < -0.4 is 5.14 Å². The van der Waals surface area contributed by atoms with Crippen molar-refractivity contribution < 1.29 is 13.6 Å². The Hall–Kier alpha value is -0.170. The third kappa shape index (κ3) is 2.61. The normalized spacial score (nSPS) is 14.2. The van der Waals surface area contributed by atoms with Crippen molar-refractivity contribution in [1.29, 1.82) is 0 Å². The van der Waals surface area contributed by atoms with Gasteiger partial charge in [-0.25, -0.2) is 5.14 Å². The predicted molar refractivity (Wildman–Crippen MR) is 36.5 cm³/mol. The Bertz CT molecular complexity index is 203. The highest BCUT2D eigenvalue weighted by atomic mass is 32.2. The maximum Gasteiger partial charge on any atom is 0.299 e. The molecule has 5 nitrogen and oxygen atoms in total. The molecule has 6 heteroatoms. The second-order valence-corrected chi connectivity index (χ2v) is 4.33. The molecular formula is C4H12N2O3S. The van der Waals surface area contributed by atoms with Crippen molar-refractivity contribution in [2.24, 2.45) is 5.14 Å². The molecule has 0 aromatic heterocycles. The van der Waals surface area contributed by atoms with Crippen LogP contribution in [0.15, 0.2) is 0 Å². The monoisotopic (exact) mass is 168 g/mol. The maximum absolute atomic E-state index is 10.4. The molecule has 0 saturated heterocycles. The first-order valence-electron chi connectivity index (χ1n) is 2.68. The van der Waals surface area contributed by atoms with E-state index in [1.807, 2.05) is 0 Å². The number of hydrogen-bond donors (Lipinski definition) is 2. The first-order chi connectivity index (χ1) is 4.15. The lowest BCUT2D eigenvalue weighted by molar-refractivity contribution is -0.0669. The number of nitrogens with two attached hydrogens (primary N) is 1. The molecule has 0 aliphatic carbocycles. The van der Waals surface area contributed by atoms with Crippen LogP contribution in [0.5, 0.6) is 0 Å². The van der Waals surface area contributed by atoms with E-state index in [0.717, 1.165) is 0 Å². The fraction of sp³-hybridized carbons (Fsp3) is 1.00. The summed E-state index contributed by atoms with van der Waals surface area (Å²) >= 11 is 0. The topological polar surface area (TPSA) is 83.6 Å². The zero-order valence-electron chi connectivity index (χ0n) is 6.20. The highest BCUT2D eigenvalue weighted by molar-refractivity contribution is 7.86. The predicted octanol–water partition coefficient (Wildman–Crippen LogP) is -0.320. The van der Waals surface area contributed by atoms with Gasteiger partial charge in [-0.3, -0.25) is 5.21 Å². The van der Waals surface area contributed by atoms with Gasteiger partial charge in [0.15, 0.2) is 0 Å². The average Bonchev–Trinajstić information content (AvgIpc) is 1.59. The molecular weight excluding hydrogens is 156 g/mol. The van der Waals surface area contributed by atoms with Gasteiger partial charge in [0.2, 0.25) is 0 Å². The van der Waals surface area contributed by atoms with Crippen LogP contribution in [0, 0.1) is 0 Å². The maximum atomic E-state index is 10.4. The van der Waals surface area contributed by atoms with Crippen molar-refractivity contribution in [1.82, 2.24) is 4.47 Å². The number of nitrogens with zero attached hydrogens (tertiary/aromatic N) is 1. The molecule has 10 heavy (non-hydrogen) atoms. The smallest absolute Gasteiger partial charge is 0.298 e. The highest BCUT2D eigenvalue weighted by Gasteiger charge is 2.28. The summed E-state index contributed by atoms with van der Waals surface area (Å²) in [5.74, 6) is 0. The standard InChI is InChI=1S/C4H12N2O3S/c1-4(2,3)6(7)10(5,8)9/h7H,1-3H3,(H2,5,8,9). The minimum Gasteiger partial charge on any atom is -0.298 e. The molecule has 0 heterocycles. The van der Waals surface area contributed by atoms with E-state index in [2.05, 4.69) is 5.14 Å². The van der Waals surface area contributed by atoms with Gasteiger partial charge in [0.05, 0.1) is 5.54 Å². The second-order valence-electron chi connectivity index (χ2n) is 2.96. The lowest BCUT2D eigenvalue weighted by atomic mass is 10.1. The summed E-state index contributed by atoms with van der Waals surface area (Å²) in [5, 5.41) is 13.5. The second kappa shape index (κ2) is 2.46. The molecule has 0 spiro atoms. The summed E-state index contributed by atoms with van der Waals surface area (Å²) in [6, 6.07) is 0. The largest absolute Gasteiger partial charge is 0.299 e. The molecule has 0 rings (SSSR count). The number of rotatable bonds is 1. The van der Waals surface area contributed by atoms with E-state index >= 15 is 0 Å². The van der Waals surface area contributed by atoms with Crippen molar-refractivity contribution in [3.63, 3.8) is 0 Å². The third-order valence-electron chi connectivity index (χ3n) is 0.815. The van der Waals surface area contributed by atoms with Gasteiger partial charge in [-0.15, -0.1) is 0 Å². The quantitative estimate of drug-likeness (QED) is 0.526. The fourth-order valence-corrected chi connectivity index (χ4v) is 1.15. The molecule has 3 N–H and O–H groups in total. The minimum absolute atomic E-state index is 0.125. The highest BCUT2D eigenvalue weighted by Crippen LogP contribution is 2.11. The molecule has 0 radical (unpaired) electrons. The van der Waals surface area contributed by atoms with Crippen LogP contribution in [0.4, 0.5) is 0 Å². The minimum atomic E-state index is -3.97. The fourth-order valence-electron chi connectivity index (χ4n) is 0.382. The van der Waals surface area contributed by atoms with Crippen LogP contribution >= 0.6 is 0 Å².